The van der Waals surface area contributed by atoms with Crippen LogP contribution in [-0.4, -0.2) is 15.7 Å². The van der Waals surface area contributed by atoms with Gasteiger partial charge in [-0.25, -0.2) is 4.98 Å². The highest BCUT2D eigenvalue weighted by Crippen LogP contribution is 2.25. The van der Waals surface area contributed by atoms with Crippen LogP contribution >= 0.6 is 11.8 Å². The molecular formula is C17H19N3S. The van der Waals surface area contributed by atoms with E-state index in [-0.39, 0.29) is 6.04 Å². The number of fused-ring (bicyclic) bond motifs is 1. The zero-order valence-electron chi connectivity index (χ0n) is 12.3. The minimum absolute atomic E-state index is 0.0168. The second-order valence-corrected chi connectivity index (χ2v) is 6.35. The van der Waals surface area contributed by atoms with Crippen molar-refractivity contribution in [3.8, 4) is 0 Å². The lowest BCUT2D eigenvalue weighted by Crippen LogP contribution is -2.14. The number of aryl methyl sites for hydroxylation is 2. The molecular weight excluding hydrogens is 278 g/mol. The van der Waals surface area contributed by atoms with E-state index >= 15 is 0 Å². The highest BCUT2D eigenvalue weighted by molar-refractivity contribution is 7.99. The highest BCUT2D eigenvalue weighted by Gasteiger charge is 2.11. The van der Waals surface area contributed by atoms with Gasteiger partial charge in [0.05, 0.1) is 11.0 Å². The maximum Gasteiger partial charge on any atom is 0.166 e. The van der Waals surface area contributed by atoms with E-state index in [1.807, 2.05) is 24.3 Å². The number of aromatic amines is 1. The van der Waals surface area contributed by atoms with Gasteiger partial charge in [-0.3, -0.25) is 0 Å². The number of benzene rings is 2. The summed E-state index contributed by atoms with van der Waals surface area (Å²) < 4.78 is 0. The molecule has 108 valence electrons. The average molecular weight is 297 g/mol. The molecule has 2 aromatic carbocycles. The van der Waals surface area contributed by atoms with Crippen LogP contribution in [0.15, 0.2) is 47.6 Å². The standard InChI is InChI=1S/C17H19N3S/c1-11-7-8-12(2)13(9-11)14(18)10-21-17-19-15-5-3-4-6-16(15)20-17/h3-9,14H,10,18H2,1-2H3,(H,19,20). The Bertz CT molecular complexity index is 731. The molecule has 0 amide bonds. The minimum Gasteiger partial charge on any atom is -0.333 e. The van der Waals surface area contributed by atoms with Crippen molar-refractivity contribution in [3.05, 3.63) is 59.2 Å². The number of hydrogen-bond donors (Lipinski definition) is 2. The van der Waals surface area contributed by atoms with E-state index in [1.165, 1.54) is 16.7 Å². The Hall–Kier alpha value is -1.78. The Balaban J connectivity index is 1.73. The summed E-state index contributed by atoms with van der Waals surface area (Å²) in [5.41, 5.74) is 12.1. The molecule has 1 unspecified atom stereocenters. The first-order chi connectivity index (χ1) is 10.1. The van der Waals surface area contributed by atoms with Crippen LogP contribution in [0, 0.1) is 13.8 Å². The smallest absolute Gasteiger partial charge is 0.166 e. The molecule has 0 spiro atoms. The molecule has 3 rings (SSSR count). The second-order valence-electron chi connectivity index (χ2n) is 5.34. The fourth-order valence-corrected chi connectivity index (χ4v) is 3.28. The number of thioether (sulfide) groups is 1. The van der Waals surface area contributed by atoms with Crippen molar-refractivity contribution in [2.24, 2.45) is 5.73 Å². The molecule has 4 heteroatoms. The number of nitrogens with one attached hydrogen (secondary N) is 1. The van der Waals surface area contributed by atoms with Crippen LogP contribution in [0.4, 0.5) is 0 Å². The second kappa shape index (κ2) is 5.92. The molecule has 0 radical (unpaired) electrons. The summed E-state index contributed by atoms with van der Waals surface area (Å²) in [7, 11) is 0. The van der Waals surface area contributed by atoms with E-state index in [9.17, 15) is 0 Å². The number of imidazole rings is 1. The van der Waals surface area contributed by atoms with Crippen molar-refractivity contribution in [1.82, 2.24) is 9.97 Å². The molecule has 1 atom stereocenters. The molecule has 1 heterocycles. The summed E-state index contributed by atoms with van der Waals surface area (Å²) in [5, 5.41) is 0.928. The molecule has 0 aliphatic heterocycles. The van der Waals surface area contributed by atoms with Crippen LogP contribution in [0.2, 0.25) is 0 Å². The van der Waals surface area contributed by atoms with E-state index in [0.717, 1.165) is 21.9 Å². The van der Waals surface area contributed by atoms with E-state index in [0.29, 0.717) is 0 Å². The lowest BCUT2D eigenvalue weighted by molar-refractivity contribution is 0.819. The summed E-state index contributed by atoms with van der Waals surface area (Å²) >= 11 is 1.67. The van der Waals surface area contributed by atoms with Gasteiger partial charge in [-0.1, -0.05) is 47.7 Å². The fraction of sp³-hybridized carbons (Fsp3) is 0.235. The van der Waals surface area contributed by atoms with E-state index in [2.05, 4.69) is 42.0 Å². The summed E-state index contributed by atoms with van der Waals surface area (Å²) in [5.74, 6) is 0.810. The summed E-state index contributed by atoms with van der Waals surface area (Å²) in [6.07, 6.45) is 0. The van der Waals surface area contributed by atoms with Gasteiger partial charge < -0.3 is 10.7 Å². The molecule has 21 heavy (non-hydrogen) atoms. The molecule has 3 nitrogen and oxygen atoms in total. The van der Waals surface area contributed by atoms with Crippen LogP contribution in [-0.2, 0) is 0 Å². The quantitative estimate of drug-likeness (QED) is 0.716. The van der Waals surface area contributed by atoms with Gasteiger partial charge in [0.2, 0.25) is 0 Å². The summed E-state index contributed by atoms with van der Waals surface area (Å²) in [4.78, 5) is 7.89. The first-order valence-electron chi connectivity index (χ1n) is 7.04. The zero-order valence-corrected chi connectivity index (χ0v) is 13.1. The van der Waals surface area contributed by atoms with Gasteiger partial charge >= 0.3 is 0 Å². The molecule has 3 N–H and O–H groups in total. The van der Waals surface area contributed by atoms with Crippen molar-refractivity contribution in [3.63, 3.8) is 0 Å². The Morgan fingerprint density at radius 2 is 2.00 bits per heavy atom. The predicted octanol–water partition coefficient (Wildman–Crippen LogP) is 3.97. The van der Waals surface area contributed by atoms with Crippen molar-refractivity contribution in [2.75, 3.05) is 5.75 Å². The molecule has 3 aromatic rings. The maximum atomic E-state index is 6.34. The normalized spacial score (nSPS) is 12.7. The average Bonchev–Trinajstić information content (AvgIpc) is 2.90. The van der Waals surface area contributed by atoms with Gasteiger partial charge in [-0.2, -0.15) is 0 Å². The number of nitrogens with two attached hydrogens (primary N) is 1. The molecule has 0 saturated carbocycles. The van der Waals surface area contributed by atoms with Crippen molar-refractivity contribution in [1.29, 1.82) is 0 Å². The third-order valence-electron chi connectivity index (χ3n) is 3.60. The van der Waals surface area contributed by atoms with Crippen LogP contribution in [0.5, 0.6) is 0 Å². The molecule has 0 aliphatic carbocycles. The highest BCUT2D eigenvalue weighted by atomic mass is 32.2. The van der Waals surface area contributed by atoms with E-state index in [4.69, 9.17) is 5.73 Å². The third-order valence-corrected chi connectivity index (χ3v) is 4.59. The van der Waals surface area contributed by atoms with E-state index in [1.54, 1.807) is 11.8 Å². The molecule has 0 saturated heterocycles. The van der Waals surface area contributed by atoms with Crippen molar-refractivity contribution < 1.29 is 0 Å². The van der Waals surface area contributed by atoms with Crippen LogP contribution < -0.4 is 5.73 Å². The van der Waals surface area contributed by atoms with Gasteiger partial charge in [-0.05, 0) is 37.1 Å². The molecule has 0 fully saturated rings. The van der Waals surface area contributed by atoms with E-state index < -0.39 is 0 Å². The van der Waals surface area contributed by atoms with Gasteiger partial charge in [-0.15, -0.1) is 0 Å². The number of H-pyrrole nitrogens is 1. The fourth-order valence-electron chi connectivity index (χ4n) is 2.42. The first-order valence-corrected chi connectivity index (χ1v) is 8.02. The lowest BCUT2D eigenvalue weighted by atomic mass is 10.0. The number of rotatable bonds is 4. The van der Waals surface area contributed by atoms with Gasteiger partial charge in [0.15, 0.2) is 5.16 Å². The van der Waals surface area contributed by atoms with Crippen LogP contribution in [0.3, 0.4) is 0 Å². The molecule has 1 aromatic heterocycles. The number of hydrogen-bond acceptors (Lipinski definition) is 3. The first kappa shape index (κ1) is 14.2. The Morgan fingerprint density at radius 3 is 2.81 bits per heavy atom. The monoisotopic (exact) mass is 297 g/mol. The maximum absolute atomic E-state index is 6.34. The number of nitrogens with zero attached hydrogens (tertiary/aromatic N) is 1. The van der Waals surface area contributed by atoms with Gasteiger partial charge in [0, 0.05) is 11.8 Å². The third kappa shape index (κ3) is 3.12. The van der Waals surface area contributed by atoms with Crippen LogP contribution in [0.1, 0.15) is 22.7 Å². The summed E-state index contributed by atoms with van der Waals surface area (Å²) in [6, 6.07) is 14.5. The topological polar surface area (TPSA) is 54.7 Å². The lowest BCUT2D eigenvalue weighted by Gasteiger charge is -2.14. The largest absolute Gasteiger partial charge is 0.333 e. The van der Waals surface area contributed by atoms with Crippen LogP contribution in [0.25, 0.3) is 11.0 Å². The Kier molecular flexibility index (Phi) is 3.99. The van der Waals surface area contributed by atoms with Crippen molar-refractivity contribution in [2.45, 2.75) is 25.0 Å². The molecule has 0 aliphatic rings. The minimum atomic E-state index is 0.0168. The van der Waals surface area contributed by atoms with Gasteiger partial charge in [0.25, 0.3) is 0 Å². The number of aromatic nitrogens is 2. The zero-order chi connectivity index (χ0) is 14.8. The number of para-hydroxylation sites is 2. The SMILES string of the molecule is Cc1ccc(C)c(C(N)CSc2nc3ccccc3[nH]2)c1. The summed E-state index contributed by atoms with van der Waals surface area (Å²) in [6.45, 7) is 4.21. The predicted molar refractivity (Wildman–Crippen MR) is 89.7 cm³/mol. The van der Waals surface area contributed by atoms with Gasteiger partial charge in [0.1, 0.15) is 0 Å². The molecule has 0 bridgehead atoms. The van der Waals surface area contributed by atoms with Crippen molar-refractivity contribution >= 4 is 22.8 Å². The Morgan fingerprint density at radius 1 is 1.19 bits per heavy atom. The Labute approximate surface area is 129 Å².